The van der Waals surface area contributed by atoms with E-state index in [-0.39, 0.29) is 12.1 Å². The molecule has 0 radical (unpaired) electrons. The topological polar surface area (TPSA) is 38.0 Å². The van der Waals surface area contributed by atoms with Crippen LogP contribution in [0.15, 0.2) is 30.6 Å². The molecule has 1 heterocycles. The van der Waals surface area contributed by atoms with Gasteiger partial charge in [-0.2, -0.15) is 0 Å². The maximum absolute atomic E-state index is 9.28. The molecule has 0 saturated heterocycles. The molecular formula is C11H14N2O. The standard InChI is InChI=1S/C11H14N2O/c1-11(2,7-14)13-8-12-9-5-3-4-6-10(9)13/h3-6,8,14H,7H2,1-2H3. The van der Waals surface area contributed by atoms with Crippen LogP contribution in [0.5, 0.6) is 0 Å². The number of aromatic nitrogens is 2. The van der Waals surface area contributed by atoms with Gasteiger partial charge < -0.3 is 9.67 Å². The number of nitrogens with zero attached hydrogens (tertiary/aromatic N) is 2. The first-order valence-corrected chi connectivity index (χ1v) is 4.68. The summed E-state index contributed by atoms with van der Waals surface area (Å²) in [5.74, 6) is 0. The second kappa shape index (κ2) is 3.10. The molecule has 1 aromatic carbocycles. The number of aliphatic hydroxyl groups excluding tert-OH is 1. The van der Waals surface area contributed by atoms with Crippen LogP contribution in [0.25, 0.3) is 11.0 Å². The van der Waals surface area contributed by atoms with Gasteiger partial charge in [0.25, 0.3) is 0 Å². The van der Waals surface area contributed by atoms with Gasteiger partial charge in [-0.05, 0) is 26.0 Å². The van der Waals surface area contributed by atoms with E-state index >= 15 is 0 Å². The Morgan fingerprint density at radius 1 is 1.36 bits per heavy atom. The maximum Gasteiger partial charge on any atom is 0.0964 e. The third kappa shape index (κ3) is 1.30. The highest BCUT2D eigenvalue weighted by atomic mass is 16.3. The second-order valence-corrected chi connectivity index (χ2v) is 4.07. The Labute approximate surface area is 83.0 Å². The lowest BCUT2D eigenvalue weighted by atomic mass is 10.1. The van der Waals surface area contributed by atoms with E-state index < -0.39 is 0 Å². The SMILES string of the molecule is CC(C)(CO)n1cnc2ccccc21. The van der Waals surface area contributed by atoms with Gasteiger partial charge in [0.15, 0.2) is 0 Å². The lowest BCUT2D eigenvalue weighted by Gasteiger charge is -2.24. The highest BCUT2D eigenvalue weighted by Crippen LogP contribution is 2.21. The summed E-state index contributed by atoms with van der Waals surface area (Å²) in [5, 5.41) is 9.28. The molecule has 3 heteroatoms. The average molecular weight is 190 g/mol. The second-order valence-electron chi connectivity index (χ2n) is 4.07. The van der Waals surface area contributed by atoms with Crippen molar-refractivity contribution in [2.24, 2.45) is 0 Å². The zero-order valence-corrected chi connectivity index (χ0v) is 8.44. The van der Waals surface area contributed by atoms with Crippen molar-refractivity contribution in [3.63, 3.8) is 0 Å². The third-order valence-electron chi connectivity index (χ3n) is 2.49. The quantitative estimate of drug-likeness (QED) is 0.783. The first-order chi connectivity index (χ1) is 6.65. The number of hydrogen-bond acceptors (Lipinski definition) is 2. The fourth-order valence-electron chi connectivity index (χ4n) is 1.52. The molecule has 2 aromatic rings. The summed E-state index contributed by atoms with van der Waals surface area (Å²) >= 11 is 0. The molecule has 0 fully saturated rings. The molecule has 1 N–H and O–H groups in total. The van der Waals surface area contributed by atoms with Crippen molar-refractivity contribution >= 4 is 11.0 Å². The van der Waals surface area contributed by atoms with Gasteiger partial charge in [0.1, 0.15) is 0 Å². The predicted molar refractivity (Wildman–Crippen MR) is 56.1 cm³/mol. The van der Waals surface area contributed by atoms with E-state index in [1.807, 2.05) is 42.7 Å². The molecule has 1 aromatic heterocycles. The lowest BCUT2D eigenvalue weighted by Crippen LogP contribution is -2.29. The van der Waals surface area contributed by atoms with Crippen molar-refractivity contribution in [2.75, 3.05) is 6.61 Å². The Bertz CT molecular complexity index is 445. The minimum atomic E-state index is -0.296. The highest BCUT2D eigenvalue weighted by Gasteiger charge is 2.20. The monoisotopic (exact) mass is 190 g/mol. The molecule has 2 rings (SSSR count). The first-order valence-electron chi connectivity index (χ1n) is 4.68. The fraction of sp³-hybridized carbons (Fsp3) is 0.364. The molecule has 0 aliphatic rings. The average Bonchev–Trinajstić information content (AvgIpc) is 2.61. The summed E-state index contributed by atoms with van der Waals surface area (Å²) in [6.07, 6.45) is 1.78. The summed E-state index contributed by atoms with van der Waals surface area (Å²) in [4.78, 5) is 4.28. The summed E-state index contributed by atoms with van der Waals surface area (Å²) in [7, 11) is 0. The predicted octanol–water partition coefficient (Wildman–Crippen LogP) is 1.76. The molecule has 0 bridgehead atoms. The number of hydrogen-bond donors (Lipinski definition) is 1. The van der Waals surface area contributed by atoms with Crippen LogP contribution in [0.1, 0.15) is 13.8 Å². The third-order valence-corrected chi connectivity index (χ3v) is 2.49. The van der Waals surface area contributed by atoms with Crippen LogP contribution in [-0.4, -0.2) is 21.3 Å². The fourth-order valence-corrected chi connectivity index (χ4v) is 1.52. The van der Waals surface area contributed by atoms with Gasteiger partial charge in [0, 0.05) is 0 Å². The molecule has 0 unspecified atom stereocenters. The maximum atomic E-state index is 9.28. The first kappa shape index (κ1) is 9.21. The van der Waals surface area contributed by atoms with E-state index in [4.69, 9.17) is 0 Å². The number of benzene rings is 1. The van der Waals surface area contributed by atoms with E-state index in [1.165, 1.54) is 0 Å². The minimum Gasteiger partial charge on any atom is -0.394 e. The summed E-state index contributed by atoms with van der Waals surface area (Å²) in [5.41, 5.74) is 1.73. The van der Waals surface area contributed by atoms with Crippen molar-refractivity contribution < 1.29 is 5.11 Å². The highest BCUT2D eigenvalue weighted by molar-refractivity contribution is 5.75. The molecule has 3 nitrogen and oxygen atoms in total. The Morgan fingerprint density at radius 2 is 2.07 bits per heavy atom. The molecular weight excluding hydrogens is 176 g/mol. The van der Waals surface area contributed by atoms with Gasteiger partial charge in [-0.15, -0.1) is 0 Å². The number of rotatable bonds is 2. The van der Waals surface area contributed by atoms with Crippen molar-refractivity contribution in [3.8, 4) is 0 Å². The zero-order chi connectivity index (χ0) is 10.2. The smallest absolute Gasteiger partial charge is 0.0964 e. The molecule has 0 spiro atoms. The van der Waals surface area contributed by atoms with E-state index in [1.54, 1.807) is 6.33 Å². The zero-order valence-electron chi connectivity index (χ0n) is 8.44. The molecule has 74 valence electrons. The normalized spacial score (nSPS) is 12.2. The molecule has 0 saturated carbocycles. The Morgan fingerprint density at radius 3 is 2.79 bits per heavy atom. The number of aliphatic hydroxyl groups is 1. The van der Waals surface area contributed by atoms with E-state index in [0.717, 1.165) is 11.0 Å². The molecule has 0 aliphatic heterocycles. The van der Waals surface area contributed by atoms with Crippen molar-refractivity contribution in [1.82, 2.24) is 9.55 Å². The van der Waals surface area contributed by atoms with Gasteiger partial charge in [0.05, 0.1) is 29.5 Å². The van der Waals surface area contributed by atoms with E-state index in [2.05, 4.69) is 4.98 Å². The summed E-state index contributed by atoms with van der Waals surface area (Å²) in [6.45, 7) is 4.08. The molecule has 0 aliphatic carbocycles. The van der Waals surface area contributed by atoms with Gasteiger partial charge in [0.2, 0.25) is 0 Å². The van der Waals surface area contributed by atoms with Crippen molar-refractivity contribution in [3.05, 3.63) is 30.6 Å². The van der Waals surface area contributed by atoms with Crippen LogP contribution >= 0.6 is 0 Å². The van der Waals surface area contributed by atoms with Crippen LogP contribution in [0, 0.1) is 0 Å². The lowest BCUT2D eigenvalue weighted by molar-refractivity contribution is 0.168. The van der Waals surface area contributed by atoms with Gasteiger partial charge in [-0.3, -0.25) is 0 Å². The minimum absolute atomic E-state index is 0.105. The number of fused-ring (bicyclic) bond motifs is 1. The largest absolute Gasteiger partial charge is 0.394 e. The van der Waals surface area contributed by atoms with Crippen molar-refractivity contribution in [2.45, 2.75) is 19.4 Å². The molecule has 0 atom stereocenters. The van der Waals surface area contributed by atoms with E-state index in [9.17, 15) is 5.11 Å². The van der Waals surface area contributed by atoms with Gasteiger partial charge in [-0.25, -0.2) is 4.98 Å². The van der Waals surface area contributed by atoms with Gasteiger partial charge in [-0.1, -0.05) is 12.1 Å². The number of imidazole rings is 1. The number of para-hydroxylation sites is 2. The molecule has 0 amide bonds. The molecule has 14 heavy (non-hydrogen) atoms. The Hall–Kier alpha value is -1.35. The Kier molecular flexibility index (Phi) is 2.04. The summed E-state index contributed by atoms with van der Waals surface area (Å²) in [6, 6.07) is 7.93. The van der Waals surface area contributed by atoms with Crippen LogP contribution in [-0.2, 0) is 5.54 Å². The Balaban J connectivity index is 2.64. The van der Waals surface area contributed by atoms with Crippen LogP contribution in [0.4, 0.5) is 0 Å². The van der Waals surface area contributed by atoms with E-state index in [0.29, 0.717) is 0 Å². The van der Waals surface area contributed by atoms with Crippen LogP contribution in [0.2, 0.25) is 0 Å². The van der Waals surface area contributed by atoms with Gasteiger partial charge >= 0.3 is 0 Å². The van der Waals surface area contributed by atoms with Crippen LogP contribution in [0.3, 0.4) is 0 Å². The summed E-state index contributed by atoms with van der Waals surface area (Å²) < 4.78 is 2.00. The van der Waals surface area contributed by atoms with Crippen molar-refractivity contribution in [1.29, 1.82) is 0 Å². The van der Waals surface area contributed by atoms with Crippen LogP contribution < -0.4 is 0 Å².